The molecule has 0 amide bonds. The predicted octanol–water partition coefficient (Wildman–Crippen LogP) is 2.33. The van der Waals surface area contributed by atoms with Crippen molar-refractivity contribution in [2.75, 3.05) is 0 Å². The Balaban J connectivity index is 2.40. The summed E-state index contributed by atoms with van der Waals surface area (Å²) in [4.78, 5) is 0. The van der Waals surface area contributed by atoms with Crippen LogP contribution in [0, 0.1) is 0 Å². The summed E-state index contributed by atoms with van der Waals surface area (Å²) >= 11 is 0. The fourth-order valence-electron chi connectivity index (χ4n) is 1.67. The fraction of sp³-hybridized carbons (Fsp3) is 0.538. The van der Waals surface area contributed by atoms with Crippen molar-refractivity contribution < 1.29 is 5.11 Å². The second-order valence-corrected chi connectivity index (χ2v) is 4.00. The summed E-state index contributed by atoms with van der Waals surface area (Å²) in [6, 6.07) is 10.5. The molecular formula is C13H21NO. The van der Waals surface area contributed by atoms with E-state index in [2.05, 4.69) is 24.4 Å². The predicted molar refractivity (Wildman–Crippen MR) is 63.7 cm³/mol. The molecule has 1 aromatic rings. The molecule has 0 aliphatic rings. The first kappa shape index (κ1) is 12.2. The van der Waals surface area contributed by atoms with E-state index in [4.69, 9.17) is 0 Å². The standard InChI is InChI=1S/C13H21NO/c1-3-7-13(11(2)15)14-10-12-8-5-4-6-9-12/h4-6,8-9,11,13-15H,3,7,10H2,1-2H3. The smallest absolute Gasteiger partial charge is 0.0665 e. The van der Waals surface area contributed by atoms with Crippen LogP contribution in [0.3, 0.4) is 0 Å². The fourth-order valence-corrected chi connectivity index (χ4v) is 1.67. The van der Waals surface area contributed by atoms with E-state index in [9.17, 15) is 5.11 Å². The molecule has 0 heterocycles. The number of nitrogens with one attached hydrogen (secondary N) is 1. The third kappa shape index (κ3) is 4.45. The van der Waals surface area contributed by atoms with Gasteiger partial charge in [-0.25, -0.2) is 0 Å². The van der Waals surface area contributed by atoms with Crippen LogP contribution in [0.1, 0.15) is 32.3 Å². The number of benzene rings is 1. The van der Waals surface area contributed by atoms with Gasteiger partial charge in [0, 0.05) is 12.6 Å². The van der Waals surface area contributed by atoms with Crippen molar-refractivity contribution in [2.45, 2.75) is 45.4 Å². The van der Waals surface area contributed by atoms with Gasteiger partial charge in [0.05, 0.1) is 6.10 Å². The third-order valence-electron chi connectivity index (χ3n) is 2.59. The van der Waals surface area contributed by atoms with Gasteiger partial charge in [0.25, 0.3) is 0 Å². The van der Waals surface area contributed by atoms with Crippen molar-refractivity contribution >= 4 is 0 Å². The summed E-state index contributed by atoms with van der Waals surface area (Å²) in [5.41, 5.74) is 1.26. The van der Waals surface area contributed by atoms with Crippen molar-refractivity contribution in [3.8, 4) is 0 Å². The van der Waals surface area contributed by atoms with Crippen molar-refractivity contribution in [2.24, 2.45) is 0 Å². The average molecular weight is 207 g/mol. The highest BCUT2D eigenvalue weighted by Crippen LogP contribution is 2.04. The first-order valence-electron chi connectivity index (χ1n) is 5.69. The Labute approximate surface area is 92.3 Å². The van der Waals surface area contributed by atoms with Gasteiger partial charge in [-0.05, 0) is 18.9 Å². The second kappa shape index (κ2) is 6.59. The van der Waals surface area contributed by atoms with Crippen LogP contribution in [0.25, 0.3) is 0 Å². The van der Waals surface area contributed by atoms with Crippen LogP contribution >= 0.6 is 0 Å². The molecule has 0 fully saturated rings. The molecule has 0 aromatic heterocycles. The summed E-state index contributed by atoms with van der Waals surface area (Å²) in [5, 5.41) is 12.9. The highest BCUT2D eigenvalue weighted by atomic mass is 16.3. The van der Waals surface area contributed by atoms with Crippen molar-refractivity contribution in [3.63, 3.8) is 0 Å². The highest BCUT2D eigenvalue weighted by Gasteiger charge is 2.12. The average Bonchev–Trinajstić information content (AvgIpc) is 2.25. The minimum absolute atomic E-state index is 0.204. The Bertz CT molecular complexity index is 258. The Morgan fingerprint density at radius 1 is 1.27 bits per heavy atom. The molecule has 84 valence electrons. The van der Waals surface area contributed by atoms with Gasteiger partial charge >= 0.3 is 0 Å². The largest absolute Gasteiger partial charge is 0.392 e. The Morgan fingerprint density at radius 2 is 1.93 bits per heavy atom. The number of aliphatic hydroxyl groups excluding tert-OH is 1. The molecule has 2 N–H and O–H groups in total. The zero-order chi connectivity index (χ0) is 11.1. The van der Waals surface area contributed by atoms with Crippen molar-refractivity contribution in [3.05, 3.63) is 35.9 Å². The van der Waals surface area contributed by atoms with E-state index in [1.807, 2.05) is 25.1 Å². The lowest BCUT2D eigenvalue weighted by Crippen LogP contribution is -2.37. The molecular weight excluding hydrogens is 186 g/mol. The molecule has 0 saturated heterocycles. The summed E-state index contributed by atoms with van der Waals surface area (Å²) < 4.78 is 0. The molecule has 2 heteroatoms. The van der Waals surface area contributed by atoms with Crippen LogP contribution in [0.4, 0.5) is 0 Å². The Hall–Kier alpha value is -0.860. The molecule has 15 heavy (non-hydrogen) atoms. The molecule has 2 unspecified atom stereocenters. The van der Waals surface area contributed by atoms with E-state index in [1.165, 1.54) is 5.56 Å². The summed E-state index contributed by atoms with van der Waals surface area (Å²) in [7, 11) is 0. The van der Waals surface area contributed by atoms with Gasteiger partial charge in [-0.2, -0.15) is 0 Å². The lowest BCUT2D eigenvalue weighted by molar-refractivity contribution is 0.139. The number of hydrogen-bond acceptors (Lipinski definition) is 2. The molecule has 0 bridgehead atoms. The van der Waals surface area contributed by atoms with Crippen molar-refractivity contribution in [1.82, 2.24) is 5.32 Å². The zero-order valence-corrected chi connectivity index (χ0v) is 9.61. The van der Waals surface area contributed by atoms with Crippen LogP contribution in [0.15, 0.2) is 30.3 Å². The minimum atomic E-state index is -0.284. The van der Waals surface area contributed by atoms with Crippen LogP contribution in [-0.2, 0) is 6.54 Å². The minimum Gasteiger partial charge on any atom is -0.392 e. The van der Waals surface area contributed by atoms with E-state index < -0.39 is 0 Å². The first-order chi connectivity index (χ1) is 7.24. The Morgan fingerprint density at radius 3 is 2.47 bits per heavy atom. The van der Waals surface area contributed by atoms with Gasteiger partial charge in [-0.1, -0.05) is 43.7 Å². The maximum atomic E-state index is 9.56. The molecule has 0 spiro atoms. The van der Waals surface area contributed by atoms with Crippen LogP contribution < -0.4 is 5.32 Å². The molecule has 0 aliphatic carbocycles. The molecule has 1 aromatic carbocycles. The molecule has 1 rings (SSSR count). The zero-order valence-electron chi connectivity index (χ0n) is 9.61. The molecule has 2 atom stereocenters. The molecule has 2 nitrogen and oxygen atoms in total. The second-order valence-electron chi connectivity index (χ2n) is 4.00. The van der Waals surface area contributed by atoms with Gasteiger partial charge in [0.1, 0.15) is 0 Å². The molecule has 0 saturated carbocycles. The van der Waals surface area contributed by atoms with Gasteiger partial charge < -0.3 is 10.4 Å². The molecule has 0 radical (unpaired) electrons. The lowest BCUT2D eigenvalue weighted by atomic mass is 10.1. The highest BCUT2D eigenvalue weighted by molar-refractivity contribution is 5.14. The van der Waals surface area contributed by atoms with E-state index in [-0.39, 0.29) is 12.1 Å². The number of rotatable bonds is 6. The SMILES string of the molecule is CCCC(NCc1ccccc1)C(C)O. The summed E-state index contributed by atoms with van der Waals surface area (Å²) in [6.45, 7) is 4.81. The van der Waals surface area contributed by atoms with Gasteiger partial charge in [0.15, 0.2) is 0 Å². The van der Waals surface area contributed by atoms with E-state index in [0.29, 0.717) is 0 Å². The van der Waals surface area contributed by atoms with Gasteiger partial charge in [-0.3, -0.25) is 0 Å². The van der Waals surface area contributed by atoms with E-state index >= 15 is 0 Å². The lowest BCUT2D eigenvalue weighted by Gasteiger charge is -2.20. The van der Waals surface area contributed by atoms with Crippen molar-refractivity contribution in [1.29, 1.82) is 0 Å². The maximum absolute atomic E-state index is 9.56. The normalized spacial score (nSPS) is 14.9. The number of hydrogen-bond donors (Lipinski definition) is 2. The van der Waals surface area contributed by atoms with E-state index in [1.54, 1.807) is 0 Å². The van der Waals surface area contributed by atoms with Gasteiger partial charge in [0.2, 0.25) is 0 Å². The Kier molecular flexibility index (Phi) is 5.37. The summed E-state index contributed by atoms with van der Waals surface area (Å²) in [5.74, 6) is 0. The topological polar surface area (TPSA) is 32.3 Å². The number of aliphatic hydroxyl groups is 1. The van der Waals surface area contributed by atoms with Crippen LogP contribution in [0.5, 0.6) is 0 Å². The maximum Gasteiger partial charge on any atom is 0.0665 e. The summed E-state index contributed by atoms with van der Waals surface area (Å²) in [6.07, 6.45) is 1.83. The quantitative estimate of drug-likeness (QED) is 0.750. The monoisotopic (exact) mass is 207 g/mol. The van der Waals surface area contributed by atoms with Gasteiger partial charge in [-0.15, -0.1) is 0 Å². The van der Waals surface area contributed by atoms with Crippen LogP contribution in [-0.4, -0.2) is 17.3 Å². The third-order valence-corrected chi connectivity index (χ3v) is 2.59. The first-order valence-corrected chi connectivity index (χ1v) is 5.69. The van der Waals surface area contributed by atoms with E-state index in [0.717, 1.165) is 19.4 Å². The van der Waals surface area contributed by atoms with Crippen LogP contribution in [0.2, 0.25) is 0 Å². The molecule has 0 aliphatic heterocycles.